The van der Waals surface area contributed by atoms with Crippen LogP contribution in [0.5, 0.6) is 11.5 Å². The van der Waals surface area contributed by atoms with Crippen molar-refractivity contribution in [2.75, 3.05) is 15.9 Å². The van der Waals surface area contributed by atoms with E-state index in [-0.39, 0.29) is 0 Å². The highest BCUT2D eigenvalue weighted by Gasteiger charge is 2.29. The summed E-state index contributed by atoms with van der Waals surface area (Å²) >= 11 is 0. The van der Waals surface area contributed by atoms with E-state index in [9.17, 15) is 13.2 Å². The molecule has 0 spiro atoms. The van der Waals surface area contributed by atoms with E-state index < -0.39 is 22.0 Å². The summed E-state index contributed by atoms with van der Waals surface area (Å²) in [6.07, 6.45) is 1.09. The molecule has 1 N–H and O–H groups in total. The van der Waals surface area contributed by atoms with Gasteiger partial charge in [-0.05, 0) is 67.9 Å². The standard InChI is InChI=1S/C23H24N2O4S/c1-17-8-7-9-20(16-17)25(30(3,27)28)18(2)23(26)24-19-12-14-22(15-13-19)29-21-10-5-4-6-11-21/h4-16,18H,1-3H3,(H,24,26)/t18-/m0/s1. The molecule has 6 nitrogen and oxygen atoms in total. The van der Waals surface area contributed by atoms with Gasteiger partial charge in [0.2, 0.25) is 15.9 Å². The Morgan fingerprint density at radius 2 is 1.57 bits per heavy atom. The third-order valence-corrected chi connectivity index (χ3v) is 5.69. The van der Waals surface area contributed by atoms with Gasteiger partial charge >= 0.3 is 0 Å². The van der Waals surface area contributed by atoms with E-state index in [0.29, 0.717) is 22.9 Å². The Kier molecular flexibility index (Phi) is 6.42. The summed E-state index contributed by atoms with van der Waals surface area (Å²) in [4.78, 5) is 12.8. The summed E-state index contributed by atoms with van der Waals surface area (Å²) in [5.41, 5.74) is 1.90. The van der Waals surface area contributed by atoms with E-state index in [1.54, 1.807) is 49.4 Å². The topological polar surface area (TPSA) is 75.7 Å². The van der Waals surface area contributed by atoms with Crippen molar-refractivity contribution in [1.82, 2.24) is 0 Å². The molecule has 1 atom stereocenters. The first-order valence-electron chi connectivity index (χ1n) is 9.44. The van der Waals surface area contributed by atoms with Gasteiger partial charge in [0.1, 0.15) is 17.5 Å². The van der Waals surface area contributed by atoms with Crippen LogP contribution >= 0.6 is 0 Å². The SMILES string of the molecule is Cc1cccc(N([C@@H](C)C(=O)Nc2ccc(Oc3ccccc3)cc2)S(C)(=O)=O)c1. The predicted molar refractivity (Wildman–Crippen MR) is 120 cm³/mol. The van der Waals surface area contributed by atoms with Crippen molar-refractivity contribution in [3.8, 4) is 11.5 Å². The van der Waals surface area contributed by atoms with E-state index in [1.807, 2.05) is 43.3 Å². The monoisotopic (exact) mass is 424 g/mol. The molecule has 0 aliphatic carbocycles. The number of aryl methyl sites for hydroxylation is 1. The lowest BCUT2D eigenvalue weighted by atomic mass is 10.2. The first-order chi connectivity index (χ1) is 14.2. The molecule has 0 bridgehead atoms. The largest absolute Gasteiger partial charge is 0.457 e. The molecule has 0 heterocycles. The number of para-hydroxylation sites is 1. The van der Waals surface area contributed by atoms with Crippen LogP contribution in [0.25, 0.3) is 0 Å². The summed E-state index contributed by atoms with van der Waals surface area (Å²) in [5, 5.41) is 2.77. The number of hydrogen-bond acceptors (Lipinski definition) is 4. The zero-order chi connectivity index (χ0) is 21.7. The minimum Gasteiger partial charge on any atom is -0.457 e. The molecule has 0 aliphatic rings. The molecule has 0 radical (unpaired) electrons. The van der Waals surface area contributed by atoms with Crippen molar-refractivity contribution < 1.29 is 17.9 Å². The van der Waals surface area contributed by atoms with Crippen LogP contribution in [-0.2, 0) is 14.8 Å². The van der Waals surface area contributed by atoms with Gasteiger partial charge < -0.3 is 10.1 Å². The van der Waals surface area contributed by atoms with Gasteiger partial charge in [-0.3, -0.25) is 9.10 Å². The van der Waals surface area contributed by atoms with Gasteiger partial charge in [0.15, 0.2) is 0 Å². The van der Waals surface area contributed by atoms with Crippen molar-refractivity contribution in [3.63, 3.8) is 0 Å². The third-order valence-electron chi connectivity index (χ3n) is 4.45. The molecular formula is C23H24N2O4S. The maximum Gasteiger partial charge on any atom is 0.247 e. The third kappa shape index (κ3) is 5.39. The van der Waals surface area contributed by atoms with Crippen LogP contribution in [0.2, 0.25) is 0 Å². The van der Waals surface area contributed by atoms with E-state index in [1.165, 1.54) is 0 Å². The molecule has 1 amide bonds. The number of sulfonamides is 1. The van der Waals surface area contributed by atoms with Gasteiger partial charge in [-0.1, -0.05) is 30.3 Å². The van der Waals surface area contributed by atoms with Crippen LogP contribution in [-0.4, -0.2) is 26.6 Å². The van der Waals surface area contributed by atoms with E-state index in [4.69, 9.17) is 4.74 Å². The molecule has 0 saturated heterocycles. The van der Waals surface area contributed by atoms with Gasteiger partial charge in [0.25, 0.3) is 0 Å². The van der Waals surface area contributed by atoms with Crippen LogP contribution < -0.4 is 14.4 Å². The van der Waals surface area contributed by atoms with Crippen molar-refractivity contribution in [2.24, 2.45) is 0 Å². The lowest BCUT2D eigenvalue weighted by molar-refractivity contribution is -0.116. The van der Waals surface area contributed by atoms with Gasteiger partial charge in [0.05, 0.1) is 11.9 Å². The predicted octanol–water partition coefficient (Wildman–Crippen LogP) is 4.58. The second-order valence-corrected chi connectivity index (χ2v) is 8.86. The maximum atomic E-state index is 12.8. The smallest absolute Gasteiger partial charge is 0.247 e. The Balaban J connectivity index is 1.73. The Labute approximate surface area is 177 Å². The number of amides is 1. The first-order valence-corrected chi connectivity index (χ1v) is 11.3. The molecule has 30 heavy (non-hydrogen) atoms. The summed E-state index contributed by atoms with van der Waals surface area (Å²) < 4.78 is 31.6. The highest BCUT2D eigenvalue weighted by Crippen LogP contribution is 2.25. The van der Waals surface area contributed by atoms with Crippen LogP contribution in [0, 0.1) is 6.92 Å². The summed E-state index contributed by atoms with van der Waals surface area (Å²) in [7, 11) is -3.66. The molecule has 7 heteroatoms. The Morgan fingerprint density at radius 1 is 0.933 bits per heavy atom. The van der Waals surface area contributed by atoms with Gasteiger partial charge in [0, 0.05) is 5.69 Å². The fourth-order valence-corrected chi connectivity index (χ4v) is 4.22. The van der Waals surface area contributed by atoms with Crippen LogP contribution in [0.1, 0.15) is 12.5 Å². The lowest BCUT2D eigenvalue weighted by Gasteiger charge is -2.28. The lowest BCUT2D eigenvalue weighted by Crippen LogP contribution is -2.45. The Morgan fingerprint density at radius 3 is 2.17 bits per heavy atom. The maximum absolute atomic E-state index is 12.8. The van der Waals surface area contributed by atoms with Crippen LogP contribution in [0.3, 0.4) is 0 Å². The van der Waals surface area contributed by atoms with Crippen molar-refractivity contribution in [3.05, 3.63) is 84.4 Å². The molecule has 3 aromatic carbocycles. The van der Waals surface area contributed by atoms with E-state index in [0.717, 1.165) is 16.1 Å². The van der Waals surface area contributed by atoms with Gasteiger partial charge in [-0.2, -0.15) is 0 Å². The zero-order valence-corrected chi connectivity index (χ0v) is 17.9. The normalized spacial score (nSPS) is 12.1. The number of anilines is 2. The van der Waals surface area contributed by atoms with E-state index >= 15 is 0 Å². The number of benzene rings is 3. The quantitative estimate of drug-likeness (QED) is 0.602. The van der Waals surface area contributed by atoms with Gasteiger partial charge in [-0.15, -0.1) is 0 Å². The van der Waals surface area contributed by atoms with Crippen LogP contribution in [0.15, 0.2) is 78.9 Å². The minimum atomic E-state index is -3.66. The molecule has 3 aromatic rings. The number of nitrogens with zero attached hydrogens (tertiary/aromatic N) is 1. The second kappa shape index (κ2) is 9.00. The molecular weight excluding hydrogens is 400 g/mol. The van der Waals surface area contributed by atoms with Crippen molar-refractivity contribution in [1.29, 1.82) is 0 Å². The molecule has 156 valence electrons. The minimum absolute atomic E-state index is 0.432. The number of hydrogen-bond donors (Lipinski definition) is 1. The number of carbonyl (C=O) groups is 1. The number of ether oxygens (including phenoxy) is 1. The molecule has 3 rings (SSSR count). The molecule has 0 aromatic heterocycles. The highest BCUT2D eigenvalue weighted by molar-refractivity contribution is 7.92. The van der Waals surface area contributed by atoms with E-state index in [2.05, 4.69) is 5.32 Å². The second-order valence-electron chi connectivity index (χ2n) is 7.00. The summed E-state index contributed by atoms with van der Waals surface area (Å²) in [5.74, 6) is 0.910. The Hall–Kier alpha value is -3.32. The Bertz CT molecular complexity index is 1110. The first kappa shape index (κ1) is 21.4. The number of rotatable bonds is 7. The average molecular weight is 425 g/mol. The zero-order valence-electron chi connectivity index (χ0n) is 17.1. The van der Waals surface area contributed by atoms with Crippen LogP contribution in [0.4, 0.5) is 11.4 Å². The molecule has 0 unspecified atom stereocenters. The average Bonchev–Trinajstić information content (AvgIpc) is 2.69. The highest BCUT2D eigenvalue weighted by atomic mass is 32.2. The molecule has 0 saturated carbocycles. The van der Waals surface area contributed by atoms with Crippen molar-refractivity contribution >= 4 is 27.3 Å². The molecule has 0 aliphatic heterocycles. The van der Waals surface area contributed by atoms with Crippen molar-refractivity contribution in [2.45, 2.75) is 19.9 Å². The summed E-state index contributed by atoms with van der Waals surface area (Å²) in [6, 6.07) is 22.4. The number of carbonyl (C=O) groups excluding carboxylic acids is 1. The fraction of sp³-hybridized carbons (Fsp3) is 0.174. The molecule has 0 fully saturated rings. The fourth-order valence-electron chi connectivity index (χ4n) is 3.05. The number of nitrogens with one attached hydrogen (secondary N) is 1. The van der Waals surface area contributed by atoms with Gasteiger partial charge in [-0.25, -0.2) is 8.42 Å². The summed E-state index contributed by atoms with van der Waals surface area (Å²) in [6.45, 7) is 3.43.